The molecule has 1 nitrogen and oxygen atoms in total. The van der Waals surface area contributed by atoms with Gasteiger partial charge in [-0.25, -0.2) is 0 Å². The van der Waals surface area contributed by atoms with Crippen molar-refractivity contribution in [3.05, 3.63) is 0 Å². The lowest BCUT2D eigenvalue weighted by Crippen LogP contribution is -1.69. The molecule has 0 aromatic rings. The van der Waals surface area contributed by atoms with Crippen LogP contribution in [0.25, 0.3) is 0 Å². The Morgan fingerprint density at radius 2 is 1.62 bits per heavy atom. The zero-order chi connectivity index (χ0) is 6.99. The van der Waals surface area contributed by atoms with E-state index in [4.69, 9.17) is 0 Å². The Morgan fingerprint density at radius 3 is 1.62 bits per heavy atom. The second-order valence-corrected chi connectivity index (χ2v) is 2.39. The van der Waals surface area contributed by atoms with Crippen molar-refractivity contribution in [2.45, 2.75) is 27.2 Å². The fraction of sp³-hybridized carbons (Fsp3) is 0.833. The summed E-state index contributed by atoms with van der Waals surface area (Å²) in [6.45, 7) is 5.19. The van der Waals surface area contributed by atoms with E-state index in [0.717, 1.165) is 5.33 Å². The summed E-state index contributed by atoms with van der Waals surface area (Å²) in [5.41, 5.74) is 0. The SMILES string of the molecule is CC(C)=O.CCCBr. The molecule has 0 atom stereocenters. The second-order valence-electron chi connectivity index (χ2n) is 1.60. The van der Waals surface area contributed by atoms with Gasteiger partial charge in [-0.05, 0) is 20.3 Å². The van der Waals surface area contributed by atoms with Gasteiger partial charge in [0.15, 0.2) is 0 Å². The third kappa shape index (κ3) is 123. The highest BCUT2D eigenvalue weighted by molar-refractivity contribution is 9.09. The standard InChI is InChI=1S/C3H7Br.C3H6O/c1-2-3-4;1-3(2)4/h2-3H2,1H3;1-2H3. The minimum Gasteiger partial charge on any atom is -0.300 e. The number of ketones is 1. The lowest BCUT2D eigenvalue weighted by atomic mass is 10.6. The van der Waals surface area contributed by atoms with Crippen molar-refractivity contribution in [1.29, 1.82) is 0 Å². The molecule has 0 amide bonds. The van der Waals surface area contributed by atoms with Crippen LogP contribution >= 0.6 is 15.9 Å². The first-order chi connectivity index (χ1) is 3.65. The van der Waals surface area contributed by atoms with Crippen LogP contribution in [0.1, 0.15) is 27.2 Å². The van der Waals surface area contributed by atoms with Crippen molar-refractivity contribution in [2.75, 3.05) is 5.33 Å². The first kappa shape index (κ1) is 11.0. The highest BCUT2D eigenvalue weighted by atomic mass is 79.9. The highest BCUT2D eigenvalue weighted by Crippen LogP contribution is 1.80. The molecule has 0 aromatic carbocycles. The Labute approximate surface area is 59.6 Å². The van der Waals surface area contributed by atoms with E-state index in [1.165, 1.54) is 20.3 Å². The van der Waals surface area contributed by atoms with Gasteiger partial charge in [0, 0.05) is 5.33 Å². The summed E-state index contributed by atoms with van der Waals surface area (Å²) in [5.74, 6) is 0.167. The molecule has 0 rings (SSSR count). The summed E-state index contributed by atoms with van der Waals surface area (Å²) in [4.78, 5) is 9.44. The summed E-state index contributed by atoms with van der Waals surface area (Å²) < 4.78 is 0. The van der Waals surface area contributed by atoms with Crippen LogP contribution in [-0.4, -0.2) is 11.1 Å². The third-order valence-electron chi connectivity index (χ3n) is 0.189. The molecule has 0 aliphatic heterocycles. The molecule has 0 saturated carbocycles. The van der Waals surface area contributed by atoms with E-state index in [0.29, 0.717) is 0 Å². The fourth-order valence-electron chi connectivity index (χ4n) is 0. The van der Waals surface area contributed by atoms with Gasteiger partial charge in [0.05, 0.1) is 0 Å². The molecule has 8 heavy (non-hydrogen) atoms. The average molecular weight is 181 g/mol. The monoisotopic (exact) mass is 180 g/mol. The van der Waals surface area contributed by atoms with Crippen molar-refractivity contribution in [3.63, 3.8) is 0 Å². The molecule has 0 spiro atoms. The summed E-state index contributed by atoms with van der Waals surface area (Å²) in [6, 6.07) is 0. The van der Waals surface area contributed by atoms with Gasteiger partial charge in [-0.3, -0.25) is 0 Å². The Morgan fingerprint density at radius 1 is 1.50 bits per heavy atom. The van der Waals surface area contributed by atoms with Crippen molar-refractivity contribution in [3.8, 4) is 0 Å². The van der Waals surface area contributed by atoms with E-state index in [-0.39, 0.29) is 5.78 Å². The minimum atomic E-state index is 0.167. The summed E-state index contributed by atoms with van der Waals surface area (Å²) >= 11 is 3.25. The Balaban J connectivity index is 0. The second kappa shape index (κ2) is 10.2. The zero-order valence-corrected chi connectivity index (χ0v) is 7.29. The quantitative estimate of drug-likeness (QED) is 0.567. The molecule has 0 bridgehead atoms. The van der Waals surface area contributed by atoms with Crippen LogP contribution in [0.3, 0.4) is 0 Å². The molecule has 0 heterocycles. The molecule has 0 fully saturated rings. The van der Waals surface area contributed by atoms with Crippen LogP contribution in [0.2, 0.25) is 0 Å². The van der Waals surface area contributed by atoms with Crippen LogP contribution in [0.15, 0.2) is 0 Å². The van der Waals surface area contributed by atoms with Crippen LogP contribution in [0.4, 0.5) is 0 Å². The molecule has 0 saturated heterocycles. The van der Waals surface area contributed by atoms with Gasteiger partial charge < -0.3 is 4.79 Å². The van der Waals surface area contributed by atoms with Crippen LogP contribution in [0, 0.1) is 0 Å². The minimum absolute atomic E-state index is 0.167. The van der Waals surface area contributed by atoms with Crippen molar-refractivity contribution >= 4 is 21.7 Å². The molecular weight excluding hydrogens is 168 g/mol. The van der Waals surface area contributed by atoms with Gasteiger partial charge in [0.2, 0.25) is 0 Å². The zero-order valence-electron chi connectivity index (χ0n) is 5.70. The van der Waals surface area contributed by atoms with Gasteiger partial charge in [-0.1, -0.05) is 22.9 Å². The molecule has 2 heteroatoms. The maximum atomic E-state index is 9.44. The van der Waals surface area contributed by atoms with E-state index >= 15 is 0 Å². The fourth-order valence-corrected chi connectivity index (χ4v) is 0. The predicted octanol–water partition coefficient (Wildman–Crippen LogP) is 2.39. The van der Waals surface area contributed by atoms with Gasteiger partial charge in [-0.2, -0.15) is 0 Å². The summed E-state index contributed by atoms with van der Waals surface area (Å²) in [6.07, 6.45) is 1.24. The first-order valence-electron chi connectivity index (χ1n) is 2.68. The van der Waals surface area contributed by atoms with Gasteiger partial charge >= 0.3 is 0 Å². The van der Waals surface area contributed by atoms with Gasteiger partial charge in [0.25, 0.3) is 0 Å². The van der Waals surface area contributed by atoms with E-state index in [2.05, 4.69) is 22.9 Å². The molecule has 0 aliphatic rings. The number of rotatable bonds is 1. The number of alkyl halides is 1. The molecule has 50 valence electrons. The molecule has 0 aliphatic carbocycles. The number of carbonyl (C=O) groups excluding carboxylic acids is 1. The van der Waals surface area contributed by atoms with E-state index in [1.807, 2.05) is 0 Å². The molecule has 0 unspecified atom stereocenters. The number of hydrogen-bond donors (Lipinski definition) is 0. The Bertz CT molecular complexity index is 46.5. The van der Waals surface area contributed by atoms with Crippen LogP contribution in [0.5, 0.6) is 0 Å². The molecule has 0 radical (unpaired) electrons. The summed E-state index contributed by atoms with van der Waals surface area (Å²) in [7, 11) is 0. The van der Waals surface area contributed by atoms with Gasteiger partial charge in [-0.15, -0.1) is 0 Å². The smallest absolute Gasteiger partial charge is 0.126 e. The lowest BCUT2D eigenvalue weighted by molar-refractivity contribution is -0.114. The maximum Gasteiger partial charge on any atom is 0.126 e. The lowest BCUT2D eigenvalue weighted by Gasteiger charge is -1.66. The maximum absolute atomic E-state index is 9.44. The first-order valence-corrected chi connectivity index (χ1v) is 3.80. The van der Waals surface area contributed by atoms with Crippen molar-refractivity contribution in [2.24, 2.45) is 0 Å². The number of Topliss-reactive ketones (excluding diaryl/α,β-unsaturated/α-hetero) is 1. The Hall–Kier alpha value is 0.150. The van der Waals surface area contributed by atoms with E-state index < -0.39 is 0 Å². The van der Waals surface area contributed by atoms with E-state index in [1.54, 1.807) is 0 Å². The highest BCUT2D eigenvalue weighted by Gasteiger charge is 1.62. The van der Waals surface area contributed by atoms with Crippen LogP contribution in [-0.2, 0) is 4.79 Å². The predicted molar refractivity (Wildman–Crippen MR) is 40.4 cm³/mol. The summed E-state index contributed by atoms with van der Waals surface area (Å²) in [5, 5.41) is 1.13. The van der Waals surface area contributed by atoms with Crippen LogP contribution < -0.4 is 0 Å². The molecular formula is C6H13BrO. The third-order valence-corrected chi connectivity index (χ3v) is 0.982. The van der Waals surface area contributed by atoms with Gasteiger partial charge in [0.1, 0.15) is 5.78 Å². The van der Waals surface area contributed by atoms with Crippen molar-refractivity contribution in [1.82, 2.24) is 0 Å². The van der Waals surface area contributed by atoms with E-state index in [9.17, 15) is 4.79 Å². The topological polar surface area (TPSA) is 17.1 Å². The number of hydrogen-bond acceptors (Lipinski definition) is 1. The Kier molecular flexibility index (Phi) is 14.0. The average Bonchev–Trinajstić information content (AvgIpc) is 1.65. The normalized spacial score (nSPS) is 7.00. The molecule has 0 aromatic heterocycles. The number of halogens is 1. The molecule has 0 N–H and O–H groups in total. The van der Waals surface area contributed by atoms with Crippen molar-refractivity contribution < 1.29 is 4.79 Å². The largest absolute Gasteiger partial charge is 0.300 e. The number of carbonyl (C=O) groups is 1.